The highest BCUT2D eigenvalue weighted by molar-refractivity contribution is 7.98. The summed E-state index contributed by atoms with van der Waals surface area (Å²) in [5, 5.41) is 6.46. The van der Waals surface area contributed by atoms with E-state index in [1.54, 1.807) is 62.4 Å². The van der Waals surface area contributed by atoms with Gasteiger partial charge in [-0.15, -0.1) is 0 Å². The number of imidazole rings is 1. The summed E-state index contributed by atoms with van der Waals surface area (Å²) in [6.45, 7) is 6.19. The number of ether oxygens (including phenoxy) is 1. The normalized spacial score (nSPS) is 13.3. The average Bonchev–Trinajstić information content (AvgIpc) is 3.56. The Morgan fingerprint density at radius 3 is 2.24 bits per heavy atom. The van der Waals surface area contributed by atoms with E-state index in [4.69, 9.17) is 4.74 Å². The molecule has 0 bridgehead atoms. The summed E-state index contributed by atoms with van der Waals surface area (Å²) in [5.74, 6) is -1.28. The summed E-state index contributed by atoms with van der Waals surface area (Å²) in [7, 11) is 0. The van der Waals surface area contributed by atoms with Gasteiger partial charge in [0.25, 0.3) is 5.91 Å². The SMILES string of the molecule is CCNC(C(c1ccc(F)cc1)c1ccc(Cc2ccc(F)cc2)c(C(=O)N[C@@H](CCSC)C(=O)OC(C)C)c1)n1ccnc1. The van der Waals surface area contributed by atoms with E-state index in [1.807, 2.05) is 42.1 Å². The standard InChI is InChI=1S/C35H40F2N4O3S/c1-5-39-33(41-18-17-38-22-41)32(25-10-14-29(37)15-11-25)27-9-8-26(20-24-6-12-28(36)13-7-24)30(21-27)34(42)40-31(16-19-45-4)35(43)44-23(2)3/h6-15,17-18,21-23,31-33,39H,5,16,19-20H2,1-4H3,(H,40,42)/t31-,32?,33?/m0/s1. The first-order valence-corrected chi connectivity index (χ1v) is 16.4. The quantitative estimate of drug-likeness (QED) is 0.145. The van der Waals surface area contributed by atoms with Crippen molar-refractivity contribution in [3.63, 3.8) is 0 Å². The minimum atomic E-state index is -0.831. The third-order valence-electron chi connectivity index (χ3n) is 7.40. The number of esters is 1. The number of carbonyl (C=O) groups is 2. The third-order valence-corrected chi connectivity index (χ3v) is 8.05. The lowest BCUT2D eigenvalue weighted by molar-refractivity contribution is -0.149. The zero-order valence-electron chi connectivity index (χ0n) is 26.0. The molecular weight excluding hydrogens is 594 g/mol. The Balaban J connectivity index is 1.82. The monoisotopic (exact) mass is 634 g/mol. The maximum absolute atomic E-state index is 14.1. The van der Waals surface area contributed by atoms with Crippen LogP contribution in [0.15, 0.2) is 85.5 Å². The maximum Gasteiger partial charge on any atom is 0.328 e. The number of hydrogen-bond donors (Lipinski definition) is 2. The Morgan fingerprint density at radius 2 is 1.64 bits per heavy atom. The van der Waals surface area contributed by atoms with Crippen molar-refractivity contribution in [1.29, 1.82) is 0 Å². The molecule has 0 aliphatic carbocycles. The molecule has 2 N–H and O–H groups in total. The van der Waals surface area contributed by atoms with Crippen molar-refractivity contribution in [2.75, 3.05) is 18.6 Å². The van der Waals surface area contributed by atoms with E-state index in [0.717, 1.165) is 16.7 Å². The van der Waals surface area contributed by atoms with Crippen LogP contribution in [0.3, 0.4) is 0 Å². The molecule has 0 aliphatic rings. The molecule has 0 radical (unpaired) electrons. The number of likely N-dealkylation sites (N-methyl/N-ethyl adjacent to an activating group) is 1. The van der Waals surface area contributed by atoms with E-state index < -0.39 is 17.9 Å². The van der Waals surface area contributed by atoms with Gasteiger partial charge in [-0.1, -0.05) is 43.3 Å². The Bertz CT molecular complexity index is 1530. The summed E-state index contributed by atoms with van der Waals surface area (Å²) in [4.78, 5) is 31.3. The van der Waals surface area contributed by atoms with Crippen LogP contribution < -0.4 is 10.6 Å². The van der Waals surface area contributed by atoms with Gasteiger partial charge in [0.2, 0.25) is 0 Å². The number of nitrogens with zero attached hydrogens (tertiary/aromatic N) is 2. The van der Waals surface area contributed by atoms with Crippen LogP contribution >= 0.6 is 11.8 Å². The molecule has 1 aromatic heterocycles. The smallest absolute Gasteiger partial charge is 0.328 e. The highest BCUT2D eigenvalue weighted by atomic mass is 32.2. The molecule has 0 fully saturated rings. The Hall–Kier alpha value is -4.02. The summed E-state index contributed by atoms with van der Waals surface area (Å²) in [6, 6.07) is 17.3. The molecule has 7 nitrogen and oxygen atoms in total. The van der Waals surface area contributed by atoms with Crippen LogP contribution in [0.25, 0.3) is 0 Å². The summed E-state index contributed by atoms with van der Waals surface area (Å²) >= 11 is 1.58. The lowest BCUT2D eigenvalue weighted by Gasteiger charge is -2.30. The van der Waals surface area contributed by atoms with Crippen LogP contribution in [-0.2, 0) is 16.0 Å². The minimum absolute atomic E-state index is 0.308. The fraction of sp³-hybridized carbons (Fsp3) is 0.343. The highest BCUT2D eigenvalue weighted by Crippen LogP contribution is 2.35. The number of nitrogens with one attached hydrogen (secondary N) is 2. The van der Waals surface area contributed by atoms with Crippen molar-refractivity contribution >= 4 is 23.6 Å². The minimum Gasteiger partial charge on any atom is -0.461 e. The predicted molar refractivity (Wildman–Crippen MR) is 174 cm³/mol. The van der Waals surface area contributed by atoms with Crippen LogP contribution in [0.4, 0.5) is 8.78 Å². The number of thioether (sulfide) groups is 1. The molecule has 3 atom stereocenters. The number of benzene rings is 3. The maximum atomic E-state index is 14.1. The number of rotatable bonds is 15. The molecule has 0 saturated carbocycles. The van der Waals surface area contributed by atoms with Crippen LogP contribution in [0, 0.1) is 11.6 Å². The molecule has 0 spiro atoms. The molecule has 4 aromatic rings. The van der Waals surface area contributed by atoms with Gasteiger partial charge >= 0.3 is 5.97 Å². The van der Waals surface area contributed by atoms with E-state index in [-0.39, 0.29) is 29.8 Å². The first-order valence-electron chi connectivity index (χ1n) is 15.0. The van der Waals surface area contributed by atoms with Gasteiger partial charge in [-0.25, -0.2) is 18.6 Å². The Labute approximate surface area is 267 Å². The molecule has 0 aliphatic heterocycles. The lowest BCUT2D eigenvalue weighted by Crippen LogP contribution is -2.43. The van der Waals surface area contributed by atoms with E-state index in [1.165, 1.54) is 24.3 Å². The van der Waals surface area contributed by atoms with Gasteiger partial charge in [-0.05, 0) is 97.8 Å². The summed E-state index contributed by atoms with van der Waals surface area (Å²) in [5.41, 5.74) is 3.57. The van der Waals surface area contributed by atoms with Crippen LogP contribution in [0.1, 0.15) is 71.9 Å². The Morgan fingerprint density at radius 1 is 0.978 bits per heavy atom. The van der Waals surface area contributed by atoms with Gasteiger partial charge < -0.3 is 14.6 Å². The fourth-order valence-corrected chi connectivity index (χ4v) is 5.75. The molecule has 1 amide bonds. The molecule has 45 heavy (non-hydrogen) atoms. The third kappa shape index (κ3) is 9.25. The first-order chi connectivity index (χ1) is 21.7. The van der Waals surface area contributed by atoms with Crippen LogP contribution in [0.2, 0.25) is 0 Å². The molecule has 4 rings (SSSR count). The van der Waals surface area contributed by atoms with Gasteiger partial charge in [0.05, 0.1) is 18.6 Å². The fourth-order valence-electron chi connectivity index (χ4n) is 5.28. The molecular formula is C35H40F2N4O3S. The van der Waals surface area contributed by atoms with E-state index in [0.29, 0.717) is 36.3 Å². The second-order valence-electron chi connectivity index (χ2n) is 11.1. The molecule has 10 heteroatoms. The number of amides is 1. The zero-order valence-corrected chi connectivity index (χ0v) is 26.8. The second-order valence-corrected chi connectivity index (χ2v) is 12.0. The number of carbonyl (C=O) groups excluding carboxylic acids is 2. The van der Waals surface area contributed by atoms with Crippen LogP contribution in [0.5, 0.6) is 0 Å². The van der Waals surface area contributed by atoms with E-state index >= 15 is 0 Å². The topological polar surface area (TPSA) is 85.3 Å². The van der Waals surface area contributed by atoms with Gasteiger partial charge in [0.15, 0.2) is 0 Å². The van der Waals surface area contributed by atoms with E-state index in [2.05, 4.69) is 15.6 Å². The number of hydrogen-bond acceptors (Lipinski definition) is 6. The average molecular weight is 635 g/mol. The summed E-state index contributed by atoms with van der Waals surface area (Å²) < 4.78 is 35.1. The zero-order chi connectivity index (χ0) is 32.3. The van der Waals surface area contributed by atoms with Crippen molar-refractivity contribution in [3.8, 4) is 0 Å². The van der Waals surface area contributed by atoms with Crippen molar-refractivity contribution in [2.24, 2.45) is 0 Å². The molecule has 0 saturated heterocycles. The van der Waals surface area contributed by atoms with Crippen LogP contribution in [-0.4, -0.2) is 52.1 Å². The van der Waals surface area contributed by atoms with Crippen molar-refractivity contribution in [3.05, 3.63) is 125 Å². The molecule has 1 heterocycles. The Kier molecular flexibility index (Phi) is 12.3. The highest BCUT2D eigenvalue weighted by Gasteiger charge is 2.29. The van der Waals surface area contributed by atoms with Gasteiger partial charge in [0, 0.05) is 23.9 Å². The molecule has 3 aromatic carbocycles. The molecule has 2 unspecified atom stereocenters. The second kappa shape index (κ2) is 16.3. The molecule has 238 valence electrons. The van der Waals surface area contributed by atoms with Gasteiger partial charge in [-0.3, -0.25) is 10.1 Å². The summed E-state index contributed by atoms with van der Waals surface area (Å²) in [6.07, 6.45) is 7.36. The predicted octanol–water partition coefficient (Wildman–Crippen LogP) is 6.50. The van der Waals surface area contributed by atoms with Gasteiger partial charge in [0.1, 0.15) is 17.7 Å². The van der Waals surface area contributed by atoms with Gasteiger partial charge in [-0.2, -0.15) is 11.8 Å². The van der Waals surface area contributed by atoms with Crippen molar-refractivity contribution < 1.29 is 23.1 Å². The lowest BCUT2D eigenvalue weighted by atomic mass is 9.85. The number of aromatic nitrogens is 2. The van der Waals surface area contributed by atoms with Crippen molar-refractivity contribution in [2.45, 2.75) is 57.8 Å². The number of halogens is 2. The van der Waals surface area contributed by atoms with E-state index in [9.17, 15) is 18.4 Å². The largest absolute Gasteiger partial charge is 0.461 e. The first kappa shape index (κ1) is 33.9. The van der Waals surface area contributed by atoms with Crippen molar-refractivity contribution in [1.82, 2.24) is 20.2 Å².